The van der Waals surface area contributed by atoms with E-state index in [1.54, 1.807) is 6.92 Å². The van der Waals surface area contributed by atoms with Crippen molar-refractivity contribution in [2.24, 2.45) is 5.92 Å². The molecule has 0 aromatic rings. The molecule has 0 amide bonds. The molecule has 100 valence electrons. The van der Waals surface area contributed by atoms with E-state index in [-0.39, 0.29) is 11.5 Å². The molecule has 4 nitrogen and oxygen atoms in total. The lowest BCUT2D eigenvalue weighted by molar-refractivity contribution is -0.141. The van der Waals surface area contributed by atoms with Crippen molar-refractivity contribution >= 4 is 5.97 Å². The second-order valence-electron chi connectivity index (χ2n) is 5.08. The lowest BCUT2D eigenvalue weighted by atomic mass is 9.86. The Hall–Kier alpha value is -0.610. The van der Waals surface area contributed by atoms with E-state index >= 15 is 0 Å². The third-order valence-corrected chi connectivity index (χ3v) is 3.92. The Morgan fingerprint density at radius 2 is 2.18 bits per heavy atom. The van der Waals surface area contributed by atoms with Gasteiger partial charge in [0.15, 0.2) is 0 Å². The summed E-state index contributed by atoms with van der Waals surface area (Å²) < 4.78 is 5.89. The zero-order valence-corrected chi connectivity index (χ0v) is 11.2. The molecule has 1 rings (SSSR count). The van der Waals surface area contributed by atoms with Gasteiger partial charge in [0.2, 0.25) is 0 Å². The van der Waals surface area contributed by atoms with Crippen LogP contribution in [0, 0.1) is 5.92 Å². The average molecular weight is 243 g/mol. The van der Waals surface area contributed by atoms with E-state index < -0.39 is 5.97 Å². The summed E-state index contributed by atoms with van der Waals surface area (Å²) in [6, 6.07) is 0.394. The van der Waals surface area contributed by atoms with Crippen LogP contribution in [-0.4, -0.2) is 35.9 Å². The molecule has 17 heavy (non-hydrogen) atoms. The Morgan fingerprint density at radius 3 is 2.71 bits per heavy atom. The highest BCUT2D eigenvalue weighted by molar-refractivity contribution is 5.69. The van der Waals surface area contributed by atoms with E-state index in [9.17, 15) is 4.79 Å². The number of hydrogen-bond acceptors (Lipinski definition) is 3. The fourth-order valence-corrected chi connectivity index (χ4v) is 2.38. The number of ether oxygens (including phenoxy) is 1. The molecular weight excluding hydrogens is 218 g/mol. The third-order valence-electron chi connectivity index (χ3n) is 3.92. The van der Waals surface area contributed by atoms with Crippen LogP contribution in [0.5, 0.6) is 0 Å². The van der Waals surface area contributed by atoms with E-state index in [1.807, 2.05) is 0 Å². The molecule has 0 aromatic heterocycles. The summed E-state index contributed by atoms with van der Waals surface area (Å²) in [6.45, 7) is 7.38. The molecule has 0 aliphatic carbocycles. The summed E-state index contributed by atoms with van der Waals surface area (Å²) in [6.07, 6.45) is 4.02. The van der Waals surface area contributed by atoms with Gasteiger partial charge in [-0.25, -0.2) is 0 Å². The van der Waals surface area contributed by atoms with Gasteiger partial charge >= 0.3 is 5.97 Å². The Morgan fingerprint density at radius 1 is 1.53 bits per heavy atom. The highest BCUT2D eigenvalue weighted by atomic mass is 16.5. The zero-order valence-electron chi connectivity index (χ0n) is 11.2. The minimum absolute atomic E-state index is 0.00236. The van der Waals surface area contributed by atoms with Gasteiger partial charge in [-0.3, -0.25) is 4.79 Å². The summed E-state index contributed by atoms with van der Waals surface area (Å²) in [4.78, 5) is 10.7. The first kappa shape index (κ1) is 14.5. The lowest BCUT2D eigenvalue weighted by Gasteiger charge is -2.40. The fraction of sp³-hybridized carbons (Fsp3) is 0.923. The first-order valence-corrected chi connectivity index (χ1v) is 6.63. The molecule has 0 aromatic carbocycles. The molecule has 2 N–H and O–H groups in total. The van der Waals surface area contributed by atoms with Gasteiger partial charge in [-0.15, -0.1) is 0 Å². The van der Waals surface area contributed by atoms with Crippen LogP contribution in [0.1, 0.15) is 46.5 Å². The monoisotopic (exact) mass is 243 g/mol. The molecular formula is C13H25NO3. The quantitative estimate of drug-likeness (QED) is 0.749. The highest BCUT2D eigenvalue weighted by Crippen LogP contribution is 2.31. The van der Waals surface area contributed by atoms with Gasteiger partial charge in [-0.05, 0) is 25.7 Å². The summed E-state index contributed by atoms with van der Waals surface area (Å²) in [7, 11) is 0. The van der Waals surface area contributed by atoms with Crippen LogP contribution in [0.15, 0.2) is 0 Å². The van der Waals surface area contributed by atoms with E-state index in [0.29, 0.717) is 12.6 Å². The van der Waals surface area contributed by atoms with Crippen molar-refractivity contribution in [1.29, 1.82) is 0 Å². The number of hydrogen-bond donors (Lipinski definition) is 2. The molecule has 4 heteroatoms. The third kappa shape index (κ3) is 3.96. The first-order valence-electron chi connectivity index (χ1n) is 6.63. The second-order valence-corrected chi connectivity index (χ2v) is 5.08. The maximum atomic E-state index is 10.7. The molecule has 1 aliphatic heterocycles. The van der Waals surface area contributed by atoms with Crippen molar-refractivity contribution in [2.75, 3.05) is 13.2 Å². The molecule has 1 aliphatic rings. The van der Waals surface area contributed by atoms with Gasteiger partial charge in [0, 0.05) is 19.2 Å². The molecule has 0 saturated carbocycles. The maximum absolute atomic E-state index is 10.7. The van der Waals surface area contributed by atoms with Gasteiger partial charge in [0.25, 0.3) is 0 Å². The molecule has 1 saturated heterocycles. The van der Waals surface area contributed by atoms with Crippen molar-refractivity contribution in [3.63, 3.8) is 0 Å². The van der Waals surface area contributed by atoms with Gasteiger partial charge in [-0.1, -0.05) is 20.8 Å². The van der Waals surface area contributed by atoms with Gasteiger partial charge < -0.3 is 15.2 Å². The SMILES string of the molecule is CCC1(CC)CC(NCC(C)C(=O)O)CCO1. The predicted octanol–water partition coefficient (Wildman–Crippen LogP) is 2.03. The summed E-state index contributed by atoms with van der Waals surface area (Å²) in [5, 5.41) is 12.2. The number of carbonyl (C=O) groups is 1. The van der Waals surface area contributed by atoms with Gasteiger partial charge in [0.1, 0.15) is 0 Å². The second kappa shape index (κ2) is 6.36. The van der Waals surface area contributed by atoms with Crippen LogP contribution in [0.3, 0.4) is 0 Å². The Balaban J connectivity index is 2.42. The van der Waals surface area contributed by atoms with Crippen molar-refractivity contribution in [2.45, 2.75) is 58.1 Å². The zero-order chi connectivity index (χ0) is 12.9. The lowest BCUT2D eigenvalue weighted by Crippen LogP contribution is -2.47. The standard InChI is InChI=1S/C13H25NO3/c1-4-13(5-2)8-11(6-7-17-13)14-9-10(3)12(15)16/h10-11,14H,4-9H2,1-3H3,(H,15,16). The topological polar surface area (TPSA) is 58.6 Å². The van der Waals surface area contributed by atoms with Crippen LogP contribution in [0.4, 0.5) is 0 Å². The average Bonchev–Trinajstić information content (AvgIpc) is 2.35. The molecule has 2 atom stereocenters. The summed E-state index contributed by atoms with van der Waals surface area (Å²) in [5.74, 6) is -1.06. The van der Waals surface area contributed by atoms with Crippen LogP contribution in [0.25, 0.3) is 0 Å². The van der Waals surface area contributed by atoms with Gasteiger partial charge in [0.05, 0.1) is 11.5 Å². The first-order chi connectivity index (χ1) is 8.03. The van der Waals surface area contributed by atoms with Crippen molar-refractivity contribution < 1.29 is 14.6 Å². The predicted molar refractivity (Wildman–Crippen MR) is 67.1 cm³/mol. The van der Waals surface area contributed by atoms with E-state index in [2.05, 4.69) is 19.2 Å². The van der Waals surface area contributed by atoms with Crippen LogP contribution >= 0.6 is 0 Å². The Bertz CT molecular complexity index is 251. The maximum Gasteiger partial charge on any atom is 0.307 e. The number of nitrogens with one attached hydrogen (secondary N) is 1. The van der Waals surface area contributed by atoms with Crippen LogP contribution in [-0.2, 0) is 9.53 Å². The molecule has 0 spiro atoms. The molecule has 2 unspecified atom stereocenters. The number of aliphatic carboxylic acids is 1. The van der Waals surface area contributed by atoms with E-state index in [1.165, 1.54) is 0 Å². The largest absolute Gasteiger partial charge is 0.481 e. The minimum atomic E-state index is -0.734. The minimum Gasteiger partial charge on any atom is -0.481 e. The van der Waals surface area contributed by atoms with Crippen LogP contribution < -0.4 is 5.32 Å². The number of carboxylic acid groups (broad SMARTS) is 1. The van der Waals surface area contributed by atoms with Crippen molar-refractivity contribution in [3.05, 3.63) is 0 Å². The fourth-order valence-electron chi connectivity index (χ4n) is 2.38. The van der Waals surface area contributed by atoms with E-state index in [4.69, 9.17) is 9.84 Å². The molecule has 0 radical (unpaired) electrons. The normalized spacial score (nSPS) is 25.5. The van der Waals surface area contributed by atoms with Crippen molar-refractivity contribution in [1.82, 2.24) is 5.32 Å². The van der Waals surface area contributed by atoms with Crippen LogP contribution in [0.2, 0.25) is 0 Å². The summed E-state index contributed by atoms with van der Waals surface area (Å²) >= 11 is 0. The molecule has 0 bridgehead atoms. The smallest absolute Gasteiger partial charge is 0.307 e. The molecule has 1 fully saturated rings. The van der Waals surface area contributed by atoms with E-state index in [0.717, 1.165) is 32.3 Å². The number of carboxylic acids is 1. The Kier molecular flexibility index (Phi) is 5.40. The van der Waals surface area contributed by atoms with Crippen molar-refractivity contribution in [3.8, 4) is 0 Å². The highest BCUT2D eigenvalue weighted by Gasteiger charge is 2.34. The Labute approximate surface area is 104 Å². The number of rotatable bonds is 6. The summed E-state index contributed by atoms with van der Waals surface area (Å²) in [5.41, 5.74) is 0.00236. The van der Waals surface area contributed by atoms with Gasteiger partial charge in [-0.2, -0.15) is 0 Å². The molecule has 1 heterocycles.